The maximum Gasteiger partial charge on any atom is 0.243 e. The zero-order valence-corrected chi connectivity index (χ0v) is 16.8. The standard InChI is InChI=1S/C20H32N4O4/c1-3-4-5-6-7-8-18(26)24-16(13-17(21)25)20(27)22-12-11-15-9-10-19(28-2)23-14-15/h9-10,14,16H,3-8,11-13H2,1-2H3,(H2,21,25)(H,22,27)(H,24,26)/t16-/m1/s1. The number of pyridine rings is 1. The zero-order valence-electron chi connectivity index (χ0n) is 16.8. The predicted octanol–water partition coefficient (Wildman–Crippen LogP) is 1.47. The lowest BCUT2D eigenvalue weighted by molar-refractivity contribution is -0.131. The highest BCUT2D eigenvalue weighted by molar-refractivity contribution is 5.91. The monoisotopic (exact) mass is 392 g/mol. The Balaban J connectivity index is 2.42. The number of hydrogen-bond acceptors (Lipinski definition) is 5. The number of carbonyl (C=O) groups excluding carboxylic acids is 3. The molecule has 0 aliphatic rings. The number of methoxy groups -OCH3 is 1. The van der Waals surface area contributed by atoms with Crippen molar-refractivity contribution in [1.82, 2.24) is 15.6 Å². The average molecular weight is 393 g/mol. The number of unbranched alkanes of at least 4 members (excludes halogenated alkanes) is 4. The van der Waals surface area contributed by atoms with E-state index in [-0.39, 0.29) is 12.3 Å². The van der Waals surface area contributed by atoms with E-state index in [4.69, 9.17) is 10.5 Å². The third kappa shape index (κ3) is 9.89. The summed E-state index contributed by atoms with van der Waals surface area (Å²) in [7, 11) is 1.54. The Morgan fingerprint density at radius 2 is 1.93 bits per heavy atom. The molecule has 1 rings (SSSR count). The second-order valence-corrected chi connectivity index (χ2v) is 6.70. The fraction of sp³-hybridized carbons (Fsp3) is 0.600. The van der Waals surface area contributed by atoms with E-state index in [1.165, 1.54) is 0 Å². The minimum atomic E-state index is -0.949. The van der Waals surface area contributed by atoms with Crippen LogP contribution in [0.3, 0.4) is 0 Å². The van der Waals surface area contributed by atoms with Crippen LogP contribution in [0.25, 0.3) is 0 Å². The molecule has 0 radical (unpaired) electrons. The SMILES string of the molecule is CCCCCCCC(=O)N[C@H](CC(N)=O)C(=O)NCCc1ccc(OC)nc1. The maximum atomic E-state index is 12.4. The largest absolute Gasteiger partial charge is 0.481 e. The van der Waals surface area contributed by atoms with Crippen molar-refractivity contribution in [3.63, 3.8) is 0 Å². The number of hydrogen-bond donors (Lipinski definition) is 3. The third-order valence-electron chi connectivity index (χ3n) is 4.28. The van der Waals surface area contributed by atoms with Gasteiger partial charge in [0.1, 0.15) is 6.04 Å². The summed E-state index contributed by atoms with van der Waals surface area (Å²) in [5, 5.41) is 5.36. The lowest BCUT2D eigenvalue weighted by Gasteiger charge is -2.17. The van der Waals surface area contributed by atoms with Gasteiger partial charge in [-0.25, -0.2) is 4.98 Å². The van der Waals surface area contributed by atoms with Crippen molar-refractivity contribution in [3.05, 3.63) is 23.9 Å². The van der Waals surface area contributed by atoms with Crippen LogP contribution in [-0.4, -0.2) is 42.4 Å². The zero-order chi connectivity index (χ0) is 20.8. The molecule has 8 heteroatoms. The van der Waals surface area contributed by atoms with Gasteiger partial charge in [0, 0.05) is 25.2 Å². The van der Waals surface area contributed by atoms with Crippen LogP contribution in [-0.2, 0) is 20.8 Å². The summed E-state index contributed by atoms with van der Waals surface area (Å²) in [6, 6.07) is 2.65. The third-order valence-corrected chi connectivity index (χ3v) is 4.28. The molecular formula is C20H32N4O4. The first kappa shape index (κ1) is 23.4. The smallest absolute Gasteiger partial charge is 0.243 e. The van der Waals surface area contributed by atoms with Gasteiger partial charge in [-0.1, -0.05) is 38.7 Å². The normalized spacial score (nSPS) is 11.5. The van der Waals surface area contributed by atoms with Gasteiger partial charge in [-0.2, -0.15) is 0 Å². The van der Waals surface area contributed by atoms with E-state index in [1.54, 1.807) is 19.4 Å². The fourth-order valence-corrected chi connectivity index (χ4v) is 2.70. The molecule has 1 atom stereocenters. The number of primary amides is 1. The summed E-state index contributed by atoms with van der Waals surface area (Å²) in [6.45, 7) is 2.49. The Labute approximate surface area is 166 Å². The summed E-state index contributed by atoms with van der Waals surface area (Å²) in [6.07, 6.45) is 7.48. The molecule has 1 aromatic heterocycles. The summed E-state index contributed by atoms with van der Waals surface area (Å²) in [5.41, 5.74) is 6.15. The van der Waals surface area contributed by atoms with Crippen molar-refractivity contribution in [2.45, 2.75) is 64.3 Å². The Kier molecular flexibility index (Phi) is 11.3. The molecule has 0 fully saturated rings. The van der Waals surface area contributed by atoms with E-state index in [0.717, 1.165) is 37.7 Å². The van der Waals surface area contributed by atoms with E-state index >= 15 is 0 Å². The molecule has 156 valence electrons. The van der Waals surface area contributed by atoms with Gasteiger partial charge in [0.05, 0.1) is 13.5 Å². The molecule has 0 aliphatic heterocycles. The van der Waals surface area contributed by atoms with Gasteiger partial charge >= 0.3 is 0 Å². The first-order chi connectivity index (χ1) is 13.5. The molecule has 3 amide bonds. The highest BCUT2D eigenvalue weighted by Gasteiger charge is 2.22. The van der Waals surface area contributed by atoms with Crippen molar-refractivity contribution >= 4 is 17.7 Å². The van der Waals surface area contributed by atoms with Gasteiger partial charge in [-0.15, -0.1) is 0 Å². The van der Waals surface area contributed by atoms with Crippen LogP contribution < -0.4 is 21.1 Å². The number of aromatic nitrogens is 1. The number of nitrogens with one attached hydrogen (secondary N) is 2. The van der Waals surface area contributed by atoms with Crippen molar-refractivity contribution in [1.29, 1.82) is 0 Å². The molecule has 4 N–H and O–H groups in total. The first-order valence-electron chi connectivity index (χ1n) is 9.80. The van der Waals surface area contributed by atoms with Crippen LogP contribution in [0.2, 0.25) is 0 Å². The average Bonchev–Trinajstić information content (AvgIpc) is 2.67. The summed E-state index contributed by atoms with van der Waals surface area (Å²) >= 11 is 0. The lowest BCUT2D eigenvalue weighted by atomic mass is 10.1. The molecule has 0 saturated heterocycles. The quantitative estimate of drug-likeness (QED) is 0.414. The van der Waals surface area contributed by atoms with E-state index in [9.17, 15) is 14.4 Å². The Bertz CT molecular complexity index is 619. The second kappa shape index (κ2) is 13.5. The predicted molar refractivity (Wildman–Crippen MR) is 107 cm³/mol. The van der Waals surface area contributed by atoms with E-state index < -0.39 is 17.9 Å². The highest BCUT2D eigenvalue weighted by Crippen LogP contribution is 2.07. The van der Waals surface area contributed by atoms with Crippen molar-refractivity contribution < 1.29 is 19.1 Å². The van der Waals surface area contributed by atoms with Gasteiger partial charge in [0.2, 0.25) is 23.6 Å². The van der Waals surface area contributed by atoms with Crippen LogP contribution in [0.1, 0.15) is 57.4 Å². The van der Waals surface area contributed by atoms with Gasteiger partial charge in [0.25, 0.3) is 0 Å². The van der Waals surface area contributed by atoms with E-state index in [2.05, 4.69) is 22.5 Å². The molecule has 0 unspecified atom stereocenters. The Hall–Kier alpha value is -2.64. The summed E-state index contributed by atoms with van der Waals surface area (Å²) in [4.78, 5) is 39.8. The molecule has 0 bridgehead atoms. The Morgan fingerprint density at radius 1 is 1.18 bits per heavy atom. The van der Waals surface area contributed by atoms with Crippen molar-refractivity contribution in [2.24, 2.45) is 5.73 Å². The van der Waals surface area contributed by atoms with Gasteiger partial charge < -0.3 is 21.1 Å². The van der Waals surface area contributed by atoms with Crippen molar-refractivity contribution in [2.75, 3.05) is 13.7 Å². The van der Waals surface area contributed by atoms with E-state index in [1.807, 2.05) is 6.07 Å². The number of rotatable bonds is 14. The number of nitrogens with two attached hydrogens (primary N) is 1. The van der Waals surface area contributed by atoms with Crippen LogP contribution >= 0.6 is 0 Å². The summed E-state index contributed by atoms with van der Waals surface area (Å²) in [5.74, 6) is -0.772. The molecule has 28 heavy (non-hydrogen) atoms. The highest BCUT2D eigenvalue weighted by atomic mass is 16.5. The maximum absolute atomic E-state index is 12.4. The van der Waals surface area contributed by atoms with Crippen molar-refractivity contribution in [3.8, 4) is 5.88 Å². The number of nitrogens with zero attached hydrogens (tertiary/aromatic N) is 1. The molecule has 0 aromatic carbocycles. The van der Waals surface area contributed by atoms with E-state index in [0.29, 0.717) is 25.3 Å². The number of carbonyl (C=O) groups is 3. The molecule has 0 saturated carbocycles. The summed E-state index contributed by atoms with van der Waals surface area (Å²) < 4.78 is 5.00. The first-order valence-corrected chi connectivity index (χ1v) is 9.80. The molecule has 1 aromatic rings. The number of amides is 3. The molecule has 0 spiro atoms. The van der Waals surface area contributed by atoms with Gasteiger partial charge in [0.15, 0.2) is 0 Å². The van der Waals surface area contributed by atoms with Crippen LogP contribution in [0.5, 0.6) is 5.88 Å². The lowest BCUT2D eigenvalue weighted by Crippen LogP contribution is -2.48. The molecule has 1 heterocycles. The second-order valence-electron chi connectivity index (χ2n) is 6.70. The molecular weight excluding hydrogens is 360 g/mol. The fourth-order valence-electron chi connectivity index (χ4n) is 2.70. The number of ether oxygens (including phenoxy) is 1. The topological polar surface area (TPSA) is 123 Å². The van der Waals surface area contributed by atoms with Crippen LogP contribution in [0.15, 0.2) is 18.3 Å². The van der Waals surface area contributed by atoms with Gasteiger partial charge in [-0.05, 0) is 18.4 Å². The molecule has 8 nitrogen and oxygen atoms in total. The van der Waals surface area contributed by atoms with Gasteiger partial charge in [-0.3, -0.25) is 14.4 Å². The minimum Gasteiger partial charge on any atom is -0.481 e. The van der Waals surface area contributed by atoms with Crippen LogP contribution in [0, 0.1) is 0 Å². The van der Waals surface area contributed by atoms with Crippen LogP contribution in [0.4, 0.5) is 0 Å². The molecule has 0 aliphatic carbocycles. The Morgan fingerprint density at radius 3 is 2.54 bits per heavy atom. The minimum absolute atomic E-state index is 0.225.